The van der Waals surface area contributed by atoms with E-state index in [-0.39, 0.29) is 6.61 Å². The van der Waals surface area contributed by atoms with Crippen molar-refractivity contribution >= 4 is 6.20 Å². The lowest BCUT2D eigenvalue weighted by atomic mass is 10.3. The summed E-state index contributed by atoms with van der Waals surface area (Å²) in [4.78, 5) is 3.89. The van der Waals surface area contributed by atoms with Gasteiger partial charge in [0.1, 0.15) is 0 Å². The molecule has 0 spiro atoms. The van der Waals surface area contributed by atoms with Crippen LogP contribution in [0.3, 0.4) is 0 Å². The Labute approximate surface area is 59.6 Å². The van der Waals surface area contributed by atoms with Crippen LogP contribution in [-0.4, -0.2) is 21.3 Å². The standard InChI is InChI=1S/C7H10N2O/c1-2-9-6-8-5-7(9)3-4-10/h2,5-6,10H,1,3-4H2. The molecule has 10 heavy (non-hydrogen) atoms. The van der Waals surface area contributed by atoms with Crippen molar-refractivity contribution in [3.8, 4) is 0 Å². The second kappa shape index (κ2) is 3.17. The number of nitrogens with zero attached hydrogens (tertiary/aromatic N) is 2. The van der Waals surface area contributed by atoms with Gasteiger partial charge in [-0.05, 0) is 0 Å². The highest BCUT2D eigenvalue weighted by Crippen LogP contribution is 1.98. The van der Waals surface area contributed by atoms with Crippen LogP contribution in [0.5, 0.6) is 0 Å². The van der Waals surface area contributed by atoms with Crippen molar-refractivity contribution < 1.29 is 5.11 Å². The second-order valence-corrected chi connectivity index (χ2v) is 1.95. The van der Waals surface area contributed by atoms with Gasteiger partial charge in [-0.2, -0.15) is 0 Å². The van der Waals surface area contributed by atoms with E-state index in [2.05, 4.69) is 11.6 Å². The molecule has 0 atom stereocenters. The maximum atomic E-state index is 8.58. The van der Waals surface area contributed by atoms with Crippen molar-refractivity contribution in [1.29, 1.82) is 0 Å². The fourth-order valence-corrected chi connectivity index (χ4v) is 0.805. The largest absolute Gasteiger partial charge is 0.396 e. The maximum absolute atomic E-state index is 8.58. The van der Waals surface area contributed by atoms with Gasteiger partial charge < -0.3 is 9.67 Å². The van der Waals surface area contributed by atoms with Gasteiger partial charge in [0, 0.05) is 31.1 Å². The monoisotopic (exact) mass is 138 g/mol. The third-order valence-electron chi connectivity index (χ3n) is 1.31. The van der Waals surface area contributed by atoms with Gasteiger partial charge in [0.25, 0.3) is 0 Å². The molecule has 1 N–H and O–H groups in total. The van der Waals surface area contributed by atoms with Gasteiger partial charge in [-0.15, -0.1) is 0 Å². The Morgan fingerprint density at radius 2 is 2.60 bits per heavy atom. The summed E-state index contributed by atoms with van der Waals surface area (Å²) in [6, 6.07) is 0. The molecule has 3 nitrogen and oxygen atoms in total. The van der Waals surface area contributed by atoms with Crippen molar-refractivity contribution in [1.82, 2.24) is 9.55 Å². The number of imidazole rings is 1. The first-order valence-electron chi connectivity index (χ1n) is 3.12. The van der Waals surface area contributed by atoms with Crippen LogP contribution in [0.2, 0.25) is 0 Å². The Morgan fingerprint density at radius 1 is 1.80 bits per heavy atom. The Hall–Kier alpha value is -1.09. The number of rotatable bonds is 3. The van der Waals surface area contributed by atoms with E-state index in [0.717, 1.165) is 5.69 Å². The topological polar surface area (TPSA) is 38.0 Å². The first-order valence-corrected chi connectivity index (χ1v) is 3.12. The van der Waals surface area contributed by atoms with E-state index in [1.807, 2.05) is 0 Å². The summed E-state index contributed by atoms with van der Waals surface area (Å²) in [6.07, 6.45) is 5.68. The minimum atomic E-state index is 0.152. The van der Waals surface area contributed by atoms with E-state index in [0.29, 0.717) is 6.42 Å². The van der Waals surface area contributed by atoms with Crippen molar-refractivity contribution in [3.05, 3.63) is 24.8 Å². The first kappa shape index (κ1) is 7.02. The van der Waals surface area contributed by atoms with Crippen LogP contribution in [0, 0.1) is 0 Å². The number of hydrogen-bond donors (Lipinski definition) is 1. The molecule has 0 saturated heterocycles. The molecule has 0 saturated carbocycles. The van der Waals surface area contributed by atoms with Gasteiger partial charge in [0.15, 0.2) is 0 Å². The predicted molar refractivity (Wildman–Crippen MR) is 39.4 cm³/mol. The summed E-state index contributed by atoms with van der Waals surface area (Å²) in [5, 5.41) is 8.58. The van der Waals surface area contributed by atoms with Gasteiger partial charge >= 0.3 is 0 Å². The molecule has 54 valence electrons. The molecule has 0 aliphatic heterocycles. The Morgan fingerprint density at radius 3 is 3.20 bits per heavy atom. The van der Waals surface area contributed by atoms with Crippen LogP contribution in [0.25, 0.3) is 6.20 Å². The lowest BCUT2D eigenvalue weighted by Crippen LogP contribution is -1.96. The highest BCUT2D eigenvalue weighted by molar-refractivity contribution is 5.21. The lowest BCUT2D eigenvalue weighted by Gasteiger charge is -1.97. The summed E-state index contributed by atoms with van der Waals surface area (Å²) in [5.74, 6) is 0. The molecule has 3 heteroatoms. The van der Waals surface area contributed by atoms with Crippen LogP contribution >= 0.6 is 0 Å². The smallest absolute Gasteiger partial charge is 0.0989 e. The number of hydrogen-bond acceptors (Lipinski definition) is 2. The maximum Gasteiger partial charge on any atom is 0.0989 e. The fourth-order valence-electron chi connectivity index (χ4n) is 0.805. The van der Waals surface area contributed by atoms with E-state index in [1.165, 1.54) is 0 Å². The highest BCUT2D eigenvalue weighted by atomic mass is 16.3. The fraction of sp³-hybridized carbons (Fsp3) is 0.286. The molecule has 0 aromatic carbocycles. The van der Waals surface area contributed by atoms with Crippen molar-refractivity contribution in [2.24, 2.45) is 0 Å². The molecule has 0 bridgehead atoms. The Balaban J connectivity index is 2.79. The van der Waals surface area contributed by atoms with Gasteiger partial charge in [-0.1, -0.05) is 6.58 Å². The summed E-state index contributed by atoms with van der Waals surface area (Å²) >= 11 is 0. The predicted octanol–water partition coefficient (Wildman–Crippen LogP) is 0.518. The minimum Gasteiger partial charge on any atom is -0.396 e. The first-order chi connectivity index (χ1) is 4.88. The number of aliphatic hydroxyl groups is 1. The molecular formula is C7H10N2O. The van der Waals surface area contributed by atoms with Gasteiger partial charge in [-0.25, -0.2) is 4.98 Å². The summed E-state index contributed by atoms with van der Waals surface area (Å²) in [7, 11) is 0. The average Bonchev–Trinajstić information content (AvgIpc) is 2.36. The zero-order chi connectivity index (χ0) is 7.40. The summed E-state index contributed by atoms with van der Waals surface area (Å²) < 4.78 is 1.79. The van der Waals surface area contributed by atoms with E-state index in [1.54, 1.807) is 23.3 Å². The third-order valence-corrected chi connectivity index (χ3v) is 1.31. The Bertz CT molecular complexity index is 217. The summed E-state index contributed by atoms with van der Waals surface area (Å²) in [5.41, 5.74) is 0.984. The van der Waals surface area contributed by atoms with E-state index < -0.39 is 0 Å². The molecule has 1 aromatic heterocycles. The average molecular weight is 138 g/mol. The zero-order valence-electron chi connectivity index (χ0n) is 5.70. The quantitative estimate of drug-likeness (QED) is 0.661. The Kier molecular flexibility index (Phi) is 2.23. The molecule has 0 aliphatic carbocycles. The zero-order valence-corrected chi connectivity index (χ0v) is 5.70. The molecule has 1 aromatic rings. The molecule has 0 aliphatic rings. The summed E-state index contributed by atoms with van der Waals surface area (Å²) in [6.45, 7) is 3.74. The van der Waals surface area contributed by atoms with Crippen LogP contribution in [0.4, 0.5) is 0 Å². The number of aliphatic hydroxyl groups excluding tert-OH is 1. The molecule has 0 amide bonds. The highest BCUT2D eigenvalue weighted by Gasteiger charge is 1.95. The molecular weight excluding hydrogens is 128 g/mol. The van der Waals surface area contributed by atoms with Gasteiger partial charge in [-0.3, -0.25) is 0 Å². The van der Waals surface area contributed by atoms with Crippen molar-refractivity contribution in [2.45, 2.75) is 6.42 Å². The van der Waals surface area contributed by atoms with Crippen LogP contribution < -0.4 is 0 Å². The van der Waals surface area contributed by atoms with Gasteiger partial charge in [0.05, 0.1) is 6.33 Å². The minimum absolute atomic E-state index is 0.152. The van der Waals surface area contributed by atoms with Gasteiger partial charge in [0.2, 0.25) is 0 Å². The van der Waals surface area contributed by atoms with Crippen LogP contribution in [0.15, 0.2) is 19.1 Å². The molecule has 0 radical (unpaired) electrons. The van der Waals surface area contributed by atoms with E-state index in [4.69, 9.17) is 5.11 Å². The number of aromatic nitrogens is 2. The van der Waals surface area contributed by atoms with Crippen LogP contribution in [-0.2, 0) is 6.42 Å². The van der Waals surface area contributed by atoms with Crippen molar-refractivity contribution in [2.75, 3.05) is 6.61 Å². The third kappa shape index (κ3) is 1.25. The second-order valence-electron chi connectivity index (χ2n) is 1.95. The molecule has 0 fully saturated rings. The van der Waals surface area contributed by atoms with E-state index in [9.17, 15) is 0 Å². The van der Waals surface area contributed by atoms with E-state index >= 15 is 0 Å². The van der Waals surface area contributed by atoms with Crippen LogP contribution in [0.1, 0.15) is 5.69 Å². The molecule has 1 rings (SSSR count). The lowest BCUT2D eigenvalue weighted by molar-refractivity contribution is 0.298. The SMILES string of the molecule is C=Cn1cncc1CCO. The molecule has 1 heterocycles. The normalized spacial score (nSPS) is 9.70. The van der Waals surface area contributed by atoms with Crippen molar-refractivity contribution in [3.63, 3.8) is 0 Å². The molecule has 0 unspecified atom stereocenters.